The van der Waals surface area contributed by atoms with Crippen LogP contribution in [0.1, 0.15) is 46.5 Å². The summed E-state index contributed by atoms with van der Waals surface area (Å²) in [6.07, 6.45) is 4.68. The lowest BCUT2D eigenvalue weighted by Crippen LogP contribution is -2.24. The van der Waals surface area contributed by atoms with E-state index in [2.05, 4.69) is 32.3 Å². The summed E-state index contributed by atoms with van der Waals surface area (Å²) in [6, 6.07) is 0.548. The van der Waals surface area contributed by atoms with E-state index in [4.69, 9.17) is 0 Å². The monoisotopic (exact) mass is 181 g/mol. The van der Waals surface area contributed by atoms with Gasteiger partial charge in [-0.05, 0) is 20.3 Å². The molecule has 0 aromatic rings. The molecule has 1 heteroatoms. The maximum atomic E-state index is 3.97. The predicted octanol–water partition coefficient (Wildman–Crippen LogP) is 3.63. The van der Waals surface area contributed by atoms with Crippen molar-refractivity contribution in [3.8, 4) is 0 Å². The summed E-state index contributed by atoms with van der Waals surface area (Å²) in [5.41, 5.74) is 2.26. The molecule has 0 bridgehead atoms. The third-order valence-corrected chi connectivity index (χ3v) is 1.96. The molecule has 76 valence electrons. The Morgan fingerprint density at radius 1 is 1.38 bits per heavy atom. The average molecular weight is 181 g/mol. The van der Waals surface area contributed by atoms with Crippen molar-refractivity contribution in [2.45, 2.75) is 52.5 Å². The van der Waals surface area contributed by atoms with Gasteiger partial charge in [-0.25, -0.2) is 0 Å². The summed E-state index contributed by atoms with van der Waals surface area (Å²) < 4.78 is 0. The van der Waals surface area contributed by atoms with Crippen LogP contribution in [0.15, 0.2) is 24.4 Å². The topological polar surface area (TPSA) is 12.0 Å². The van der Waals surface area contributed by atoms with Crippen molar-refractivity contribution in [3.05, 3.63) is 24.4 Å². The van der Waals surface area contributed by atoms with Crippen LogP contribution in [-0.4, -0.2) is 6.04 Å². The molecule has 0 spiro atoms. The summed E-state index contributed by atoms with van der Waals surface area (Å²) in [7, 11) is 0. The molecule has 0 fully saturated rings. The van der Waals surface area contributed by atoms with Gasteiger partial charge < -0.3 is 5.32 Å². The van der Waals surface area contributed by atoms with Gasteiger partial charge in [0, 0.05) is 18.2 Å². The van der Waals surface area contributed by atoms with Crippen LogP contribution in [0.3, 0.4) is 0 Å². The molecular weight excluding hydrogens is 158 g/mol. The molecule has 0 rings (SSSR count). The minimum absolute atomic E-state index is 0.548. The highest BCUT2D eigenvalue weighted by Gasteiger charge is 2.01. The lowest BCUT2D eigenvalue weighted by atomic mass is 10.1. The third kappa shape index (κ3) is 7.63. The number of allylic oxidation sites excluding steroid dienone is 1. The lowest BCUT2D eigenvalue weighted by molar-refractivity contribution is 0.535. The number of nitrogens with one attached hydrogen (secondary N) is 1. The summed E-state index contributed by atoms with van der Waals surface area (Å²) >= 11 is 0. The fourth-order valence-corrected chi connectivity index (χ4v) is 1.35. The van der Waals surface area contributed by atoms with Crippen molar-refractivity contribution in [1.29, 1.82) is 0 Å². The average Bonchev–Trinajstić information content (AvgIpc) is 1.98. The van der Waals surface area contributed by atoms with E-state index in [0.29, 0.717) is 6.04 Å². The maximum Gasteiger partial charge on any atom is 0.0229 e. The zero-order valence-electron chi connectivity index (χ0n) is 9.32. The van der Waals surface area contributed by atoms with Gasteiger partial charge in [-0.1, -0.05) is 38.5 Å². The van der Waals surface area contributed by atoms with Crippen LogP contribution in [0.25, 0.3) is 0 Å². The van der Waals surface area contributed by atoms with Crippen molar-refractivity contribution in [2.75, 3.05) is 0 Å². The van der Waals surface area contributed by atoms with Gasteiger partial charge >= 0.3 is 0 Å². The van der Waals surface area contributed by atoms with Gasteiger partial charge in [-0.3, -0.25) is 0 Å². The Kier molecular flexibility index (Phi) is 6.38. The fourth-order valence-electron chi connectivity index (χ4n) is 1.35. The number of rotatable bonds is 7. The van der Waals surface area contributed by atoms with Crippen molar-refractivity contribution in [3.63, 3.8) is 0 Å². The molecule has 0 aromatic carbocycles. The first kappa shape index (κ1) is 12.3. The molecule has 1 N–H and O–H groups in total. The Balaban J connectivity index is 3.59. The molecule has 0 aliphatic heterocycles. The zero-order valence-corrected chi connectivity index (χ0v) is 9.32. The second kappa shape index (κ2) is 6.76. The van der Waals surface area contributed by atoms with Crippen LogP contribution in [0.2, 0.25) is 0 Å². The van der Waals surface area contributed by atoms with Gasteiger partial charge in [-0.15, -0.1) is 0 Å². The van der Waals surface area contributed by atoms with Crippen molar-refractivity contribution >= 4 is 0 Å². The molecule has 1 nitrogen and oxygen atoms in total. The predicted molar refractivity (Wildman–Crippen MR) is 60.7 cm³/mol. The van der Waals surface area contributed by atoms with Crippen LogP contribution in [-0.2, 0) is 0 Å². The first-order valence-corrected chi connectivity index (χ1v) is 5.15. The van der Waals surface area contributed by atoms with Crippen LogP contribution in [0, 0.1) is 0 Å². The number of unbranched alkanes of at least 4 members (excludes halogenated alkanes) is 1. The van der Waals surface area contributed by atoms with Crippen LogP contribution >= 0.6 is 0 Å². The van der Waals surface area contributed by atoms with E-state index in [9.17, 15) is 0 Å². The molecule has 0 heterocycles. The van der Waals surface area contributed by atoms with Gasteiger partial charge in [0.2, 0.25) is 0 Å². The van der Waals surface area contributed by atoms with E-state index in [1.807, 2.05) is 6.92 Å². The molecule has 0 aromatic heterocycles. The highest BCUT2D eigenvalue weighted by molar-refractivity contribution is 5.05. The second-order valence-corrected chi connectivity index (χ2v) is 3.93. The minimum Gasteiger partial charge on any atom is -0.386 e. The Bertz CT molecular complexity index is 170. The summed E-state index contributed by atoms with van der Waals surface area (Å²) in [5.74, 6) is 0. The third-order valence-electron chi connectivity index (χ3n) is 1.96. The molecule has 0 saturated carbocycles. The fraction of sp³-hybridized carbons (Fsp3) is 0.667. The molecule has 1 unspecified atom stereocenters. The van der Waals surface area contributed by atoms with E-state index >= 15 is 0 Å². The smallest absolute Gasteiger partial charge is 0.0229 e. The first-order chi connectivity index (χ1) is 6.06. The Labute approximate surface area is 82.9 Å². The molecule has 0 radical (unpaired) electrons. The summed E-state index contributed by atoms with van der Waals surface area (Å²) in [4.78, 5) is 0. The highest BCUT2D eigenvalue weighted by atomic mass is 14.9. The quantitative estimate of drug-likeness (QED) is 0.591. The Hall–Kier alpha value is -0.720. The first-order valence-electron chi connectivity index (χ1n) is 5.15. The maximum absolute atomic E-state index is 3.97. The largest absolute Gasteiger partial charge is 0.386 e. The molecular formula is C12H23N. The van der Waals surface area contributed by atoms with Gasteiger partial charge in [0.05, 0.1) is 0 Å². The lowest BCUT2D eigenvalue weighted by Gasteiger charge is -2.16. The van der Waals surface area contributed by atoms with Gasteiger partial charge in [0.25, 0.3) is 0 Å². The normalized spacial score (nSPS) is 12.2. The standard InChI is InChI=1S/C12H23N/c1-6-7-8-11(4)13-12(5)9-10(2)3/h11,13H,2,5-9H2,1,3-4H3. The summed E-state index contributed by atoms with van der Waals surface area (Å²) in [5, 5.41) is 3.39. The van der Waals surface area contributed by atoms with E-state index in [0.717, 1.165) is 12.1 Å². The van der Waals surface area contributed by atoms with Gasteiger partial charge in [0.1, 0.15) is 0 Å². The minimum atomic E-state index is 0.548. The Morgan fingerprint density at radius 3 is 2.46 bits per heavy atom. The molecule has 0 saturated heterocycles. The molecule has 0 amide bonds. The van der Waals surface area contributed by atoms with Gasteiger partial charge in [0.15, 0.2) is 0 Å². The summed E-state index contributed by atoms with van der Waals surface area (Å²) in [6.45, 7) is 14.3. The molecule has 1 atom stereocenters. The highest BCUT2D eigenvalue weighted by Crippen LogP contribution is 2.06. The van der Waals surface area contributed by atoms with E-state index in [-0.39, 0.29) is 0 Å². The van der Waals surface area contributed by atoms with Crippen LogP contribution in [0.5, 0.6) is 0 Å². The SMILES string of the molecule is C=C(C)CC(=C)NC(C)CCCC. The number of hydrogen-bond acceptors (Lipinski definition) is 1. The molecule has 0 aliphatic carbocycles. The van der Waals surface area contributed by atoms with Crippen LogP contribution in [0.4, 0.5) is 0 Å². The van der Waals surface area contributed by atoms with Crippen molar-refractivity contribution in [1.82, 2.24) is 5.32 Å². The molecule has 13 heavy (non-hydrogen) atoms. The van der Waals surface area contributed by atoms with E-state index < -0.39 is 0 Å². The molecule has 0 aliphatic rings. The number of hydrogen-bond donors (Lipinski definition) is 1. The van der Waals surface area contributed by atoms with Gasteiger partial charge in [-0.2, -0.15) is 0 Å². The van der Waals surface area contributed by atoms with E-state index in [1.54, 1.807) is 0 Å². The van der Waals surface area contributed by atoms with Crippen LogP contribution < -0.4 is 5.32 Å². The van der Waals surface area contributed by atoms with Crippen molar-refractivity contribution in [2.24, 2.45) is 0 Å². The van der Waals surface area contributed by atoms with Crippen molar-refractivity contribution < 1.29 is 0 Å². The second-order valence-electron chi connectivity index (χ2n) is 3.93. The van der Waals surface area contributed by atoms with E-state index in [1.165, 1.54) is 24.8 Å². The zero-order chi connectivity index (χ0) is 10.3. The Morgan fingerprint density at radius 2 is 2.00 bits per heavy atom.